The van der Waals surface area contributed by atoms with Crippen LogP contribution in [0.15, 0.2) is 41.5 Å². The Labute approximate surface area is 86.9 Å². The zero-order valence-corrected chi connectivity index (χ0v) is 8.16. The minimum atomic E-state index is 0.0144. The topological polar surface area (TPSA) is 29.4 Å². The number of Topliss-reactive ketones (excluding diaryl/α,β-unsaturated/α-hetero) is 1. The van der Waals surface area contributed by atoms with E-state index in [1.165, 1.54) is 0 Å². The van der Waals surface area contributed by atoms with Gasteiger partial charge in [-0.2, -0.15) is 0 Å². The van der Waals surface area contributed by atoms with E-state index in [1.807, 2.05) is 12.1 Å². The van der Waals surface area contributed by atoms with Crippen LogP contribution in [-0.2, 0) is 4.79 Å². The smallest absolute Gasteiger partial charge is 0.185 e. The molecular formula is C11H8ClNO. The van der Waals surface area contributed by atoms with E-state index in [9.17, 15) is 4.79 Å². The molecule has 0 unspecified atom stereocenters. The maximum Gasteiger partial charge on any atom is 0.185 e. The van der Waals surface area contributed by atoms with Crippen LogP contribution in [0.4, 0.5) is 0 Å². The van der Waals surface area contributed by atoms with Crippen molar-refractivity contribution in [2.75, 3.05) is 0 Å². The first-order valence-corrected chi connectivity index (χ1v) is 4.68. The van der Waals surface area contributed by atoms with Gasteiger partial charge in [-0.25, -0.2) is 0 Å². The number of nitrogens with zero attached hydrogens (tertiary/aromatic N) is 1. The van der Waals surface area contributed by atoms with E-state index >= 15 is 0 Å². The van der Waals surface area contributed by atoms with E-state index in [-0.39, 0.29) is 5.78 Å². The minimum Gasteiger partial charge on any atom is -0.292 e. The van der Waals surface area contributed by atoms with Gasteiger partial charge in [-0.3, -0.25) is 9.79 Å². The highest BCUT2D eigenvalue weighted by Gasteiger charge is 2.16. The predicted octanol–water partition coefficient (Wildman–Crippen LogP) is 2.62. The van der Waals surface area contributed by atoms with Crippen molar-refractivity contribution in [1.82, 2.24) is 0 Å². The molecule has 0 aromatic heterocycles. The molecular weight excluding hydrogens is 198 g/mol. The molecule has 1 aliphatic heterocycles. The Hall–Kier alpha value is -1.41. The van der Waals surface area contributed by atoms with Crippen LogP contribution in [0.1, 0.15) is 12.0 Å². The Kier molecular flexibility index (Phi) is 2.46. The number of carbonyl (C=O) groups is 1. The molecule has 1 aromatic carbocycles. The van der Waals surface area contributed by atoms with E-state index in [0.29, 0.717) is 22.7 Å². The minimum absolute atomic E-state index is 0.0144. The summed E-state index contributed by atoms with van der Waals surface area (Å²) in [6, 6.07) is 7.23. The molecule has 0 saturated heterocycles. The lowest BCUT2D eigenvalue weighted by Gasteiger charge is -2.07. The van der Waals surface area contributed by atoms with Gasteiger partial charge in [-0.15, -0.1) is 0 Å². The fourth-order valence-electron chi connectivity index (χ4n) is 1.33. The highest BCUT2D eigenvalue weighted by atomic mass is 35.5. The Bertz CT molecular complexity index is 435. The summed E-state index contributed by atoms with van der Waals surface area (Å²) in [5, 5.41) is 0.565. The van der Waals surface area contributed by atoms with Gasteiger partial charge in [0.2, 0.25) is 0 Å². The number of hydrogen-bond donors (Lipinski definition) is 0. The van der Waals surface area contributed by atoms with E-state index < -0.39 is 0 Å². The average Bonchev–Trinajstić information content (AvgIpc) is 2.20. The second kappa shape index (κ2) is 3.76. The van der Waals surface area contributed by atoms with Crippen LogP contribution in [0, 0.1) is 0 Å². The van der Waals surface area contributed by atoms with Crippen LogP contribution < -0.4 is 0 Å². The lowest BCUT2D eigenvalue weighted by molar-refractivity contribution is -0.112. The fraction of sp³-hybridized carbons (Fsp3) is 0.0909. The summed E-state index contributed by atoms with van der Waals surface area (Å²) in [6.07, 6.45) is 3.78. The standard InChI is InChI=1S/C11H8ClNO/c12-9-5-2-1-4-8(9)11-10(14)6-3-7-13-11/h1-5,7H,6H2. The second-order valence-corrected chi connectivity index (χ2v) is 3.38. The summed E-state index contributed by atoms with van der Waals surface area (Å²) in [5.74, 6) is 0.0144. The van der Waals surface area contributed by atoms with Gasteiger partial charge in [-0.1, -0.05) is 35.9 Å². The number of benzene rings is 1. The van der Waals surface area contributed by atoms with Crippen LogP contribution in [0.5, 0.6) is 0 Å². The van der Waals surface area contributed by atoms with Crippen molar-refractivity contribution in [3.8, 4) is 0 Å². The third-order valence-electron chi connectivity index (χ3n) is 2.01. The molecule has 0 radical (unpaired) electrons. The molecule has 1 aromatic rings. The Morgan fingerprint density at radius 2 is 2.07 bits per heavy atom. The van der Waals surface area contributed by atoms with Gasteiger partial charge < -0.3 is 0 Å². The van der Waals surface area contributed by atoms with Gasteiger partial charge in [0.15, 0.2) is 5.78 Å². The summed E-state index contributed by atoms with van der Waals surface area (Å²) in [4.78, 5) is 15.5. The molecule has 0 atom stereocenters. The summed E-state index contributed by atoms with van der Waals surface area (Å²) in [6.45, 7) is 0. The van der Waals surface area contributed by atoms with Crippen LogP contribution in [0.2, 0.25) is 5.02 Å². The number of allylic oxidation sites excluding steroid dienone is 1. The van der Waals surface area contributed by atoms with Crippen molar-refractivity contribution in [3.05, 3.63) is 47.1 Å². The molecule has 0 amide bonds. The number of hydrogen-bond acceptors (Lipinski definition) is 2. The highest BCUT2D eigenvalue weighted by Crippen LogP contribution is 2.18. The van der Waals surface area contributed by atoms with Crippen molar-refractivity contribution in [2.24, 2.45) is 4.99 Å². The number of ketones is 1. The van der Waals surface area contributed by atoms with Gasteiger partial charge >= 0.3 is 0 Å². The number of aliphatic imine (C=N–C) groups is 1. The zero-order chi connectivity index (χ0) is 9.97. The van der Waals surface area contributed by atoms with Crippen LogP contribution in [-0.4, -0.2) is 11.5 Å². The lowest BCUT2D eigenvalue weighted by Crippen LogP contribution is -2.16. The average molecular weight is 206 g/mol. The molecule has 70 valence electrons. The van der Waals surface area contributed by atoms with Crippen molar-refractivity contribution >= 4 is 23.1 Å². The van der Waals surface area contributed by atoms with Crippen LogP contribution >= 0.6 is 11.6 Å². The van der Waals surface area contributed by atoms with Gasteiger partial charge in [-0.05, 0) is 6.07 Å². The zero-order valence-electron chi connectivity index (χ0n) is 7.40. The number of rotatable bonds is 1. The molecule has 2 nitrogen and oxygen atoms in total. The summed E-state index contributed by atoms with van der Waals surface area (Å²) in [7, 11) is 0. The van der Waals surface area contributed by atoms with Crippen LogP contribution in [0.25, 0.3) is 0 Å². The van der Waals surface area contributed by atoms with Crippen LogP contribution in [0.3, 0.4) is 0 Å². The van der Waals surface area contributed by atoms with Crippen molar-refractivity contribution in [3.63, 3.8) is 0 Å². The third-order valence-corrected chi connectivity index (χ3v) is 2.33. The first-order chi connectivity index (χ1) is 6.79. The highest BCUT2D eigenvalue weighted by molar-refractivity contribution is 6.50. The first kappa shape index (κ1) is 9.16. The molecule has 0 N–H and O–H groups in total. The molecule has 0 fully saturated rings. The van der Waals surface area contributed by atoms with Gasteiger partial charge in [0, 0.05) is 18.2 Å². The van der Waals surface area contributed by atoms with E-state index in [4.69, 9.17) is 11.6 Å². The normalized spacial score (nSPS) is 15.5. The van der Waals surface area contributed by atoms with E-state index in [2.05, 4.69) is 4.99 Å². The molecule has 0 aliphatic carbocycles. The van der Waals surface area contributed by atoms with Gasteiger partial charge in [0.05, 0.1) is 5.02 Å². The maximum atomic E-state index is 11.5. The maximum absolute atomic E-state index is 11.5. The molecule has 0 saturated carbocycles. The number of halogens is 1. The molecule has 1 aliphatic rings. The quantitative estimate of drug-likeness (QED) is 0.693. The lowest BCUT2D eigenvalue weighted by atomic mass is 10.0. The van der Waals surface area contributed by atoms with E-state index in [0.717, 1.165) is 0 Å². The molecule has 3 heteroatoms. The monoisotopic (exact) mass is 205 g/mol. The van der Waals surface area contributed by atoms with Crippen molar-refractivity contribution < 1.29 is 4.79 Å². The first-order valence-electron chi connectivity index (χ1n) is 4.30. The largest absolute Gasteiger partial charge is 0.292 e. The van der Waals surface area contributed by atoms with Crippen molar-refractivity contribution in [1.29, 1.82) is 0 Å². The second-order valence-electron chi connectivity index (χ2n) is 2.97. The predicted molar refractivity (Wildman–Crippen MR) is 56.8 cm³/mol. The molecule has 0 spiro atoms. The summed E-state index contributed by atoms with van der Waals surface area (Å²) >= 11 is 5.97. The fourth-order valence-corrected chi connectivity index (χ4v) is 1.55. The Balaban J connectivity index is 2.49. The SMILES string of the molecule is O=C1CC=CN=C1c1ccccc1Cl. The Morgan fingerprint density at radius 1 is 1.29 bits per heavy atom. The third kappa shape index (κ3) is 1.61. The summed E-state index contributed by atoms with van der Waals surface area (Å²) < 4.78 is 0. The van der Waals surface area contributed by atoms with E-state index in [1.54, 1.807) is 24.4 Å². The summed E-state index contributed by atoms with van der Waals surface area (Å²) in [5.41, 5.74) is 1.17. The molecule has 14 heavy (non-hydrogen) atoms. The van der Waals surface area contributed by atoms with Gasteiger partial charge in [0.25, 0.3) is 0 Å². The van der Waals surface area contributed by atoms with Crippen molar-refractivity contribution in [2.45, 2.75) is 6.42 Å². The van der Waals surface area contributed by atoms with Gasteiger partial charge in [0.1, 0.15) is 5.71 Å². The Morgan fingerprint density at radius 3 is 2.79 bits per heavy atom. The molecule has 1 heterocycles. The number of carbonyl (C=O) groups excluding carboxylic acids is 1. The molecule has 2 rings (SSSR count). The molecule has 0 bridgehead atoms.